The fourth-order valence-corrected chi connectivity index (χ4v) is 3.99. The SMILES string of the molecule is CSc1ccc([N+](=O)[O-])c(C(=O)N(Cc2ccccc2)C(C)c2cccc(NC(C)=O)c2)c1. The van der Waals surface area contributed by atoms with E-state index in [1.54, 1.807) is 29.2 Å². The van der Waals surface area contributed by atoms with Gasteiger partial charge in [0.25, 0.3) is 11.6 Å². The normalized spacial score (nSPS) is 11.5. The van der Waals surface area contributed by atoms with Crippen LogP contribution in [0.25, 0.3) is 0 Å². The maximum absolute atomic E-state index is 13.8. The highest BCUT2D eigenvalue weighted by atomic mass is 32.2. The number of rotatable bonds is 8. The first-order chi connectivity index (χ1) is 15.8. The van der Waals surface area contributed by atoms with Gasteiger partial charge in [0, 0.05) is 30.1 Å². The number of carbonyl (C=O) groups excluding carboxylic acids is 2. The summed E-state index contributed by atoms with van der Waals surface area (Å²) in [5, 5.41) is 14.4. The average molecular weight is 464 g/mol. The lowest BCUT2D eigenvalue weighted by atomic mass is 10.0. The van der Waals surface area contributed by atoms with Crippen molar-refractivity contribution < 1.29 is 14.5 Å². The van der Waals surface area contributed by atoms with Crippen molar-refractivity contribution in [3.05, 3.63) is 99.6 Å². The lowest BCUT2D eigenvalue weighted by Crippen LogP contribution is -2.33. The van der Waals surface area contributed by atoms with Crippen LogP contribution in [0, 0.1) is 10.1 Å². The van der Waals surface area contributed by atoms with Crippen LogP contribution in [-0.2, 0) is 11.3 Å². The van der Waals surface area contributed by atoms with Crippen LogP contribution in [0.1, 0.15) is 41.4 Å². The highest BCUT2D eigenvalue weighted by Crippen LogP contribution is 2.31. The third-order valence-electron chi connectivity index (χ3n) is 5.24. The topological polar surface area (TPSA) is 92.6 Å². The van der Waals surface area contributed by atoms with Crippen molar-refractivity contribution in [2.75, 3.05) is 11.6 Å². The Balaban J connectivity index is 2.06. The fraction of sp³-hybridized carbons (Fsp3) is 0.200. The molecule has 1 N–H and O–H groups in total. The monoisotopic (exact) mass is 463 g/mol. The zero-order valence-electron chi connectivity index (χ0n) is 18.6. The van der Waals surface area contributed by atoms with Gasteiger partial charge >= 0.3 is 0 Å². The number of nitrogens with one attached hydrogen (secondary N) is 1. The molecule has 0 saturated carbocycles. The quantitative estimate of drug-likeness (QED) is 0.264. The van der Waals surface area contributed by atoms with E-state index in [4.69, 9.17) is 0 Å². The molecule has 0 saturated heterocycles. The van der Waals surface area contributed by atoms with Gasteiger partial charge in [0.15, 0.2) is 0 Å². The molecule has 0 heterocycles. The summed E-state index contributed by atoms with van der Waals surface area (Å²) in [6, 6.07) is 20.9. The minimum Gasteiger partial charge on any atom is -0.327 e. The molecule has 0 aliphatic heterocycles. The van der Waals surface area contributed by atoms with Crippen LogP contribution < -0.4 is 5.32 Å². The van der Waals surface area contributed by atoms with Gasteiger partial charge in [-0.05, 0) is 48.6 Å². The maximum Gasteiger partial charge on any atom is 0.282 e. The Kier molecular flexibility index (Phi) is 7.84. The minimum atomic E-state index is -0.528. The van der Waals surface area contributed by atoms with Gasteiger partial charge in [-0.1, -0.05) is 42.5 Å². The summed E-state index contributed by atoms with van der Waals surface area (Å²) in [7, 11) is 0. The van der Waals surface area contributed by atoms with Crippen molar-refractivity contribution in [1.82, 2.24) is 4.90 Å². The van der Waals surface area contributed by atoms with Crippen LogP contribution in [-0.4, -0.2) is 27.9 Å². The van der Waals surface area contributed by atoms with E-state index in [9.17, 15) is 19.7 Å². The highest BCUT2D eigenvalue weighted by Gasteiger charge is 2.29. The van der Waals surface area contributed by atoms with E-state index in [2.05, 4.69) is 5.32 Å². The number of hydrogen-bond acceptors (Lipinski definition) is 5. The second-order valence-corrected chi connectivity index (χ2v) is 8.42. The number of anilines is 1. The Morgan fingerprint density at radius 2 is 1.79 bits per heavy atom. The molecule has 1 atom stereocenters. The third-order valence-corrected chi connectivity index (χ3v) is 5.97. The summed E-state index contributed by atoms with van der Waals surface area (Å²) in [6.45, 7) is 3.57. The molecule has 0 aliphatic carbocycles. The number of nitro groups is 1. The second kappa shape index (κ2) is 10.8. The van der Waals surface area contributed by atoms with Crippen LogP contribution in [0.4, 0.5) is 11.4 Å². The van der Waals surface area contributed by atoms with Gasteiger partial charge in [0.2, 0.25) is 5.91 Å². The largest absolute Gasteiger partial charge is 0.327 e. The highest BCUT2D eigenvalue weighted by molar-refractivity contribution is 7.98. The maximum atomic E-state index is 13.8. The number of nitrogens with zero attached hydrogens (tertiary/aromatic N) is 2. The molecule has 3 rings (SSSR count). The fourth-order valence-electron chi connectivity index (χ4n) is 3.55. The molecule has 3 aromatic carbocycles. The molecule has 170 valence electrons. The lowest BCUT2D eigenvalue weighted by molar-refractivity contribution is -0.385. The van der Waals surface area contributed by atoms with E-state index >= 15 is 0 Å². The molecule has 0 spiro atoms. The van der Waals surface area contributed by atoms with Crippen LogP contribution in [0.2, 0.25) is 0 Å². The number of carbonyl (C=O) groups is 2. The smallest absolute Gasteiger partial charge is 0.282 e. The summed E-state index contributed by atoms with van der Waals surface area (Å²) in [4.78, 5) is 38.8. The molecule has 7 nitrogen and oxygen atoms in total. The molecule has 0 radical (unpaired) electrons. The molecular weight excluding hydrogens is 438 g/mol. The molecule has 1 unspecified atom stereocenters. The molecule has 0 bridgehead atoms. The van der Waals surface area contributed by atoms with Crippen molar-refractivity contribution in [2.45, 2.75) is 31.3 Å². The first-order valence-corrected chi connectivity index (χ1v) is 11.6. The molecule has 0 fully saturated rings. The molecule has 2 amide bonds. The number of nitro benzene ring substituents is 1. The van der Waals surface area contributed by atoms with Crippen molar-refractivity contribution in [2.24, 2.45) is 0 Å². The van der Waals surface area contributed by atoms with E-state index in [1.807, 2.05) is 55.6 Å². The van der Waals surface area contributed by atoms with Gasteiger partial charge in [0.1, 0.15) is 5.56 Å². The van der Waals surface area contributed by atoms with Crippen molar-refractivity contribution in [1.29, 1.82) is 0 Å². The summed E-state index contributed by atoms with van der Waals surface area (Å²) >= 11 is 1.42. The number of hydrogen-bond donors (Lipinski definition) is 1. The third kappa shape index (κ3) is 5.98. The molecular formula is C25H25N3O4S. The van der Waals surface area contributed by atoms with Crippen LogP contribution >= 0.6 is 11.8 Å². The second-order valence-electron chi connectivity index (χ2n) is 7.54. The summed E-state index contributed by atoms with van der Waals surface area (Å²) in [5.74, 6) is -0.625. The van der Waals surface area contributed by atoms with E-state index in [-0.39, 0.29) is 23.7 Å². The van der Waals surface area contributed by atoms with Gasteiger partial charge < -0.3 is 10.2 Å². The summed E-state index contributed by atoms with van der Waals surface area (Å²) in [6.07, 6.45) is 1.85. The number of thioether (sulfide) groups is 1. The van der Waals surface area contributed by atoms with Crippen molar-refractivity contribution >= 4 is 35.0 Å². The lowest BCUT2D eigenvalue weighted by Gasteiger charge is -2.30. The zero-order valence-corrected chi connectivity index (χ0v) is 19.5. The van der Waals surface area contributed by atoms with Crippen molar-refractivity contribution in [3.8, 4) is 0 Å². The first kappa shape index (κ1) is 24.0. The number of benzene rings is 3. The molecule has 33 heavy (non-hydrogen) atoms. The van der Waals surface area contributed by atoms with Gasteiger partial charge in [0.05, 0.1) is 11.0 Å². The molecule has 3 aromatic rings. The average Bonchev–Trinajstić information content (AvgIpc) is 2.81. The summed E-state index contributed by atoms with van der Waals surface area (Å²) < 4.78 is 0. The Bertz CT molecular complexity index is 1170. The Hall–Kier alpha value is -3.65. The van der Waals surface area contributed by atoms with Gasteiger partial charge in [-0.25, -0.2) is 0 Å². The predicted molar refractivity (Wildman–Crippen MR) is 130 cm³/mol. The van der Waals surface area contributed by atoms with Gasteiger partial charge in [-0.2, -0.15) is 0 Å². The van der Waals surface area contributed by atoms with Gasteiger partial charge in [-0.15, -0.1) is 11.8 Å². The predicted octanol–water partition coefficient (Wildman–Crippen LogP) is 5.68. The molecule has 0 aromatic heterocycles. The summed E-state index contributed by atoms with van der Waals surface area (Å²) in [5.41, 5.74) is 2.14. The van der Waals surface area contributed by atoms with Gasteiger partial charge in [-0.3, -0.25) is 19.7 Å². The van der Waals surface area contributed by atoms with E-state index in [1.165, 1.54) is 24.8 Å². The Morgan fingerprint density at radius 3 is 2.42 bits per heavy atom. The molecule has 0 aliphatic rings. The Labute approximate surface area is 197 Å². The van der Waals surface area contributed by atoms with E-state index < -0.39 is 16.9 Å². The van der Waals surface area contributed by atoms with Crippen LogP contribution in [0.3, 0.4) is 0 Å². The minimum absolute atomic E-state index is 0.0487. The zero-order chi connectivity index (χ0) is 24.0. The molecule has 8 heteroatoms. The van der Waals surface area contributed by atoms with Crippen LogP contribution in [0.15, 0.2) is 77.7 Å². The van der Waals surface area contributed by atoms with Crippen LogP contribution in [0.5, 0.6) is 0 Å². The standard InChI is InChI=1S/C25H25N3O4S/c1-17(20-10-7-11-21(14-20)26-18(2)29)27(16-19-8-5-4-6-9-19)25(30)23-15-22(33-3)12-13-24(23)28(31)32/h4-15,17H,16H2,1-3H3,(H,26,29). The van der Waals surface area contributed by atoms with E-state index in [0.717, 1.165) is 16.0 Å². The van der Waals surface area contributed by atoms with E-state index in [0.29, 0.717) is 5.69 Å². The first-order valence-electron chi connectivity index (χ1n) is 10.3. The number of amides is 2. The van der Waals surface area contributed by atoms with Crippen molar-refractivity contribution in [3.63, 3.8) is 0 Å². The Morgan fingerprint density at radius 1 is 1.06 bits per heavy atom.